The van der Waals surface area contributed by atoms with E-state index in [1.165, 1.54) is 5.56 Å². The molecule has 0 aromatic heterocycles. The average Bonchev–Trinajstić information content (AvgIpc) is 2.46. The van der Waals surface area contributed by atoms with Crippen molar-refractivity contribution < 1.29 is 9.53 Å². The number of nitrogens with zero attached hydrogens (tertiary/aromatic N) is 2. The number of aryl methyl sites for hydroxylation is 1. The zero-order valence-electron chi connectivity index (χ0n) is 11.8. The summed E-state index contributed by atoms with van der Waals surface area (Å²) in [5, 5.41) is 0. The molecule has 1 aliphatic heterocycles. The number of morpholine rings is 1. The molecule has 0 atom stereocenters. The molecular formula is C15H22N2O2. The minimum atomic E-state index is 0.0910. The normalized spacial score (nSPS) is 16.3. The van der Waals surface area contributed by atoms with Gasteiger partial charge in [-0.1, -0.05) is 17.7 Å². The topological polar surface area (TPSA) is 32.8 Å². The van der Waals surface area contributed by atoms with Gasteiger partial charge in [0.1, 0.15) is 0 Å². The molecule has 1 aromatic rings. The van der Waals surface area contributed by atoms with E-state index >= 15 is 0 Å². The summed E-state index contributed by atoms with van der Waals surface area (Å²) in [6, 6.07) is 7.73. The van der Waals surface area contributed by atoms with Crippen molar-refractivity contribution in [2.75, 3.05) is 46.4 Å². The van der Waals surface area contributed by atoms with Gasteiger partial charge in [0.25, 0.3) is 5.91 Å². The summed E-state index contributed by atoms with van der Waals surface area (Å²) in [6.45, 7) is 7.23. The van der Waals surface area contributed by atoms with Gasteiger partial charge >= 0.3 is 0 Å². The van der Waals surface area contributed by atoms with Gasteiger partial charge < -0.3 is 9.64 Å². The minimum Gasteiger partial charge on any atom is -0.379 e. The fraction of sp³-hybridized carbons (Fsp3) is 0.533. The highest BCUT2D eigenvalue weighted by Gasteiger charge is 2.14. The molecule has 0 saturated carbocycles. The molecule has 0 N–H and O–H groups in total. The number of hydrogen-bond donors (Lipinski definition) is 0. The van der Waals surface area contributed by atoms with Crippen LogP contribution in [0.15, 0.2) is 24.3 Å². The third kappa shape index (κ3) is 4.04. The van der Waals surface area contributed by atoms with Crippen LogP contribution in [0.4, 0.5) is 0 Å². The van der Waals surface area contributed by atoms with E-state index in [0.29, 0.717) is 0 Å². The van der Waals surface area contributed by atoms with Crippen LogP contribution in [0.2, 0.25) is 0 Å². The van der Waals surface area contributed by atoms with Gasteiger partial charge in [0.15, 0.2) is 0 Å². The number of carbonyl (C=O) groups is 1. The van der Waals surface area contributed by atoms with Crippen LogP contribution in [0.25, 0.3) is 0 Å². The first-order valence-corrected chi connectivity index (χ1v) is 6.79. The Balaban J connectivity index is 1.83. The molecule has 1 amide bonds. The van der Waals surface area contributed by atoms with E-state index in [4.69, 9.17) is 4.74 Å². The van der Waals surface area contributed by atoms with Crippen LogP contribution in [0, 0.1) is 6.92 Å². The lowest BCUT2D eigenvalue weighted by Gasteiger charge is -2.28. The first kappa shape index (κ1) is 14.0. The highest BCUT2D eigenvalue weighted by Crippen LogP contribution is 2.06. The van der Waals surface area contributed by atoms with Gasteiger partial charge in [-0.2, -0.15) is 0 Å². The molecule has 1 fully saturated rings. The molecule has 4 heteroatoms. The lowest BCUT2D eigenvalue weighted by molar-refractivity contribution is 0.0338. The summed E-state index contributed by atoms with van der Waals surface area (Å²) in [6.07, 6.45) is 0. The van der Waals surface area contributed by atoms with E-state index in [2.05, 4.69) is 4.90 Å². The molecule has 1 aliphatic rings. The van der Waals surface area contributed by atoms with Gasteiger partial charge in [0.2, 0.25) is 0 Å². The van der Waals surface area contributed by atoms with Crippen LogP contribution < -0.4 is 0 Å². The maximum atomic E-state index is 12.2. The number of ether oxygens (including phenoxy) is 1. The van der Waals surface area contributed by atoms with Crippen LogP contribution in [0.1, 0.15) is 15.9 Å². The fourth-order valence-corrected chi connectivity index (χ4v) is 2.13. The Labute approximate surface area is 115 Å². The molecule has 2 rings (SSSR count). The summed E-state index contributed by atoms with van der Waals surface area (Å²) in [5.41, 5.74) is 1.93. The van der Waals surface area contributed by atoms with E-state index < -0.39 is 0 Å². The van der Waals surface area contributed by atoms with Crippen LogP contribution >= 0.6 is 0 Å². The Bertz CT molecular complexity index is 411. The smallest absolute Gasteiger partial charge is 0.253 e. The average molecular weight is 262 g/mol. The molecule has 0 spiro atoms. The molecule has 0 radical (unpaired) electrons. The Morgan fingerprint density at radius 3 is 2.53 bits per heavy atom. The second-order valence-corrected chi connectivity index (χ2v) is 5.05. The molecule has 1 heterocycles. The molecular weight excluding hydrogens is 240 g/mol. The fourth-order valence-electron chi connectivity index (χ4n) is 2.13. The highest BCUT2D eigenvalue weighted by molar-refractivity contribution is 5.94. The summed E-state index contributed by atoms with van der Waals surface area (Å²) in [5.74, 6) is 0.0910. The van der Waals surface area contributed by atoms with E-state index in [0.717, 1.165) is 45.0 Å². The number of amides is 1. The number of hydrogen-bond acceptors (Lipinski definition) is 3. The largest absolute Gasteiger partial charge is 0.379 e. The summed E-state index contributed by atoms with van der Waals surface area (Å²) in [7, 11) is 1.86. The number of likely N-dealkylation sites (N-methyl/N-ethyl adjacent to an activating group) is 1. The molecule has 0 unspecified atom stereocenters. The van der Waals surface area contributed by atoms with Crippen LogP contribution in [-0.4, -0.2) is 62.1 Å². The Hall–Kier alpha value is -1.39. The molecule has 1 aromatic carbocycles. The quantitative estimate of drug-likeness (QED) is 0.822. The lowest BCUT2D eigenvalue weighted by atomic mass is 10.1. The first-order valence-electron chi connectivity index (χ1n) is 6.79. The van der Waals surface area contributed by atoms with Gasteiger partial charge in [0.05, 0.1) is 13.2 Å². The minimum absolute atomic E-state index is 0.0910. The van der Waals surface area contributed by atoms with Gasteiger partial charge in [-0.05, 0) is 19.1 Å². The van der Waals surface area contributed by atoms with Crippen molar-refractivity contribution in [2.45, 2.75) is 6.92 Å². The Morgan fingerprint density at radius 2 is 1.89 bits per heavy atom. The van der Waals surface area contributed by atoms with Gasteiger partial charge in [-0.15, -0.1) is 0 Å². The second-order valence-electron chi connectivity index (χ2n) is 5.05. The number of benzene rings is 1. The molecule has 19 heavy (non-hydrogen) atoms. The van der Waals surface area contributed by atoms with E-state index in [1.807, 2.05) is 38.2 Å². The van der Waals surface area contributed by atoms with Crippen LogP contribution in [0.5, 0.6) is 0 Å². The van der Waals surface area contributed by atoms with E-state index in [-0.39, 0.29) is 5.91 Å². The molecule has 4 nitrogen and oxygen atoms in total. The van der Waals surface area contributed by atoms with Crippen LogP contribution in [-0.2, 0) is 4.74 Å². The second kappa shape index (κ2) is 6.68. The number of rotatable bonds is 4. The van der Waals surface area contributed by atoms with Gasteiger partial charge in [-0.25, -0.2) is 0 Å². The summed E-state index contributed by atoms with van der Waals surface area (Å²) < 4.78 is 5.31. The molecule has 0 bridgehead atoms. The Morgan fingerprint density at radius 1 is 1.26 bits per heavy atom. The zero-order chi connectivity index (χ0) is 13.7. The monoisotopic (exact) mass is 262 g/mol. The maximum Gasteiger partial charge on any atom is 0.253 e. The standard InChI is InChI=1S/C15H22N2O2/c1-13-3-5-14(6-4-13)15(18)16(2)7-8-17-9-11-19-12-10-17/h3-6H,7-12H2,1-2H3. The zero-order valence-corrected chi connectivity index (χ0v) is 11.8. The van der Waals surface area contributed by atoms with Crippen molar-refractivity contribution in [1.82, 2.24) is 9.80 Å². The summed E-state index contributed by atoms with van der Waals surface area (Å²) in [4.78, 5) is 16.3. The van der Waals surface area contributed by atoms with Crippen molar-refractivity contribution in [3.8, 4) is 0 Å². The third-order valence-corrected chi connectivity index (χ3v) is 3.50. The van der Waals surface area contributed by atoms with E-state index in [1.54, 1.807) is 4.90 Å². The van der Waals surface area contributed by atoms with Gasteiger partial charge in [0, 0.05) is 38.8 Å². The Kier molecular flexibility index (Phi) is 4.93. The van der Waals surface area contributed by atoms with Crippen molar-refractivity contribution in [3.05, 3.63) is 35.4 Å². The van der Waals surface area contributed by atoms with Crippen molar-refractivity contribution >= 4 is 5.91 Å². The lowest BCUT2D eigenvalue weighted by Crippen LogP contribution is -2.41. The summed E-state index contributed by atoms with van der Waals surface area (Å²) >= 11 is 0. The van der Waals surface area contributed by atoms with Gasteiger partial charge in [-0.3, -0.25) is 9.69 Å². The van der Waals surface area contributed by atoms with E-state index in [9.17, 15) is 4.79 Å². The SMILES string of the molecule is Cc1ccc(C(=O)N(C)CCN2CCOCC2)cc1. The first-order chi connectivity index (χ1) is 9.16. The van der Waals surface area contributed by atoms with Crippen LogP contribution in [0.3, 0.4) is 0 Å². The molecule has 104 valence electrons. The predicted molar refractivity (Wildman–Crippen MR) is 75.4 cm³/mol. The van der Waals surface area contributed by atoms with Crippen molar-refractivity contribution in [1.29, 1.82) is 0 Å². The maximum absolute atomic E-state index is 12.2. The van der Waals surface area contributed by atoms with Crippen molar-refractivity contribution in [3.63, 3.8) is 0 Å². The van der Waals surface area contributed by atoms with Crippen molar-refractivity contribution in [2.24, 2.45) is 0 Å². The predicted octanol–water partition coefficient (Wildman–Crippen LogP) is 1.40. The molecule has 0 aliphatic carbocycles. The molecule has 1 saturated heterocycles. The number of carbonyl (C=O) groups excluding carboxylic acids is 1. The third-order valence-electron chi connectivity index (χ3n) is 3.50. The highest BCUT2D eigenvalue weighted by atomic mass is 16.5.